The lowest BCUT2D eigenvalue weighted by Gasteiger charge is -2.21. The van der Waals surface area contributed by atoms with E-state index in [4.69, 9.17) is 16.3 Å². The lowest BCUT2D eigenvalue weighted by Crippen LogP contribution is -2.35. The van der Waals surface area contributed by atoms with Crippen molar-refractivity contribution in [2.45, 2.75) is 6.92 Å². The van der Waals surface area contributed by atoms with Crippen LogP contribution in [0.1, 0.15) is 6.92 Å². The SMILES string of the molecule is CCN(C(=O)CNc1ccc(OC)c(Cl)c1)c1ccccc1. The number of hydrogen-bond donors (Lipinski definition) is 1. The van der Waals surface area contributed by atoms with Crippen LogP contribution in [0, 0.1) is 0 Å². The Hall–Kier alpha value is -2.20. The molecular weight excluding hydrogens is 300 g/mol. The maximum absolute atomic E-state index is 12.4. The second-order valence-electron chi connectivity index (χ2n) is 4.68. The van der Waals surface area contributed by atoms with Gasteiger partial charge in [0.05, 0.1) is 18.7 Å². The molecule has 0 aliphatic carbocycles. The standard InChI is InChI=1S/C17H19ClN2O2/c1-3-20(14-7-5-4-6-8-14)17(21)12-19-13-9-10-16(22-2)15(18)11-13/h4-11,19H,3,12H2,1-2H3. The lowest BCUT2D eigenvalue weighted by molar-refractivity contribution is -0.116. The monoisotopic (exact) mass is 318 g/mol. The van der Waals surface area contributed by atoms with E-state index in [9.17, 15) is 4.79 Å². The minimum Gasteiger partial charge on any atom is -0.495 e. The van der Waals surface area contributed by atoms with Gasteiger partial charge in [-0.3, -0.25) is 4.79 Å². The second kappa shape index (κ2) is 7.71. The molecule has 0 saturated heterocycles. The number of amides is 1. The molecule has 1 amide bonds. The van der Waals surface area contributed by atoms with Gasteiger partial charge in [-0.05, 0) is 37.3 Å². The summed E-state index contributed by atoms with van der Waals surface area (Å²) in [7, 11) is 1.57. The quantitative estimate of drug-likeness (QED) is 0.880. The van der Waals surface area contributed by atoms with Gasteiger partial charge in [-0.2, -0.15) is 0 Å². The Balaban J connectivity index is 2.01. The number of ether oxygens (including phenoxy) is 1. The van der Waals surface area contributed by atoms with E-state index >= 15 is 0 Å². The Morgan fingerprint density at radius 3 is 2.55 bits per heavy atom. The molecule has 1 N–H and O–H groups in total. The zero-order chi connectivity index (χ0) is 15.9. The molecule has 0 radical (unpaired) electrons. The van der Waals surface area contributed by atoms with Crippen LogP contribution in [0.15, 0.2) is 48.5 Å². The van der Waals surface area contributed by atoms with Crippen LogP contribution in [-0.2, 0) is 4.79 Å². The molecule has 0 heterocycles. The fourth-order valence-corrected chi connectivity index (χ4v) is 2.42. The predicted molar refractivity (Wildman–Crippen MR) is 91.0 cm³/mol. The molecule has 2 aromatic carbocycles. The first-order chi connectivity index (χ1) is 10.7. The number of nitrogens with one attached hydrogen (secondary N) is 1. The van der Waals surface area contributed by atoms with E-state index in [1.165, 1.54) is 0 Å². The molecule has 116 valence electrons. The maximum atomic E-state index is 12.4. The zero-order valence-electron chi connectivity index (χ0n) is 12.7. The summed E-state index contributed by atoms with van der Waals surface area (Å²) in [6.07, 6.45) is 0. The van der Waals surface area contributed by atoms with Gasteiger partial charge in [-0.1, -0.05) is 29.8 Å². The summed E-state index contributed by atoms with van der Waals surface area (Å²) in [5, 5.41) is 3.60. The summed E-state index contributed by atoms with van der Waals surface area (Å²) in [6.45, 7) is 2.77. The van der Waals surface area contributed by atoms with Crippen molar-refractivity contribution in [3.8, 4) is 5.75 Å². The minimum absolute atomic E-state index is 0.000593. The van der Waals surface area contributed by atoms with E-state index in [0.29, 0.717) is 17.3 Å². The number of para-hydroxylation sites is 1. The Kier molecular flexibility index (Phi) is 5.67. The summed E-state index contributed by atoms with van der Waals surface area (Å²) in [6, 6.07) is 15.0. The summed E-state index contributed by atoms with van der Waals surface area (Å²) in [5.41, 5.74) is 1.67. The summed E-state index contributed by atoms with van der Waals surface area (Å²) in [4.78, 5) is 14.1. The van der Waals surface area contributed by atoms with Crippen molar-refractivity contribution < 1.29 is 9.53 Å². The predicted octanol–water partition coefficient (Wildman–Crippen LogP) is 3.81. The van der Waals surface area contributed by atoms with Crippen molar-refractivity contribution in [3.05, 3.63) is 53.6 Å². The molecule has 0 aliphatic rings. The van der Waals surface area contributed by atoms with Crippen molar-refractivity contribution in [1.82, 2.24) is 0 Å². The largest absolute Gasteiger partial charge is 0.495 e. The summed E-state index contributed by atoms with van der Waals surface area (Å²) in [5.74, 6) is 0.610. The first kappa shape index (κ1) is 16.2. The Morgan fingerprint density at radius 2 is 1.95 bits per heavy atom. The van der Waals surface area contributed by atoms with Gasteiger partial charge in [0.1, 0.15) is 5.75 Å². The third kappa shape index (κ3) is 3.92. The van der Waals surface area contributed by atoms with E-state index in [2.05, 4.69) is 5.32 Å². The van der Waals surface area contributed by atoms with Gasteiger partial charge in [0.2, 0.25) is 5.91 Å². The molecule has 4 nitrogen and oxygen atoms in total. The van der Waals surface area contributed by atoms with Crippen LogP contribution in [0.2, 0.25) is 5.02 Å². The van der Waals surface area contributed by atoms with Crippen LogP contribution in [0.3, 0.4) is 0 Å². The molecule has 5 heteroatoms. The Morgan fingerprint density at radius 1 is 1.23 bits per heavy atom. The van der Waals surface area contributed by atoms with Gasteiger partial charge in [-0.25, -0.2) is 0 Å². The van der Waals surface area contributed by atoms with Crippen LogP contribution in [0.4, 0.5) is 11.4 Å². The molecule has 2 rings (SSSR count). The number of likely N-dealkylation sites (N-methyl/N-ethyl adjacent to an activating group) is 1. The fourth-order valence-electron chi connectivity index (χ4n) is 2.16. The highest BCUT2D eigenvalue weighted by molar-refractivity contribution is 6.32. The third-order valence-electron chi connectivity index (χ3n) is 3.28. The second-order valence-corrected chi connectivity index (χ2v) is 5.08. The molecule has 0 bridgehead atoms. The fraction of sp³-hybridized carbons (Fsp3) is 0.235. The molecule has 22 heavy (non-hydrogen) atoms. The highest BCUT2D eigenvalue weighted by atomic mass is 35.5. The summed E-state index contributed by atoms with van der Waals surface area (Å²) >= 11 is 6.07. The number of methoxy groups -OCH3 is 1. The van der Waals surface area contributed by atoms with Crippen molar-refractivity contribution in [2.24, 2.45) is 0 Å². The van der Waals surface area contributed by atoms with E-state index < -0.39 is 0 Å². The van der Waals surface area contributed by atoms with Crippen LogP contribution in [-0.4, -0.2) is 26.1 Å². The van der Waals surface area contributed by atoms with Crippen molar-refractivity contribution >= 4 is 28.9 Å². The van der Waals surface area contributed by atoms with Gasteiger partial charge in [-0.15, -0.1) is 0 Å². The molecule has 0 atom stereocenters. The van der Waals surface area contributed by atoms with Gasteiger partial charge in [0, 0.05) is 17.9 Å². The topological polar surface area (TPSA) is 41.6 Å². The molecule has 0 saturated carbocycles. The summed E-state index contributed by atoms with van der Waals surface area (Å²) < 4.78 is 5.10. The van der Waals surface area contributed by atoms with Crippen LogP contribution in [0.5, 0.6) is 5.75 Å². The van der Waals surface area contributed by atoms with Gasteiger partial charge in [0.25, 0.3) is 0 Å². The van der Waals surface area contributed by atoms with Crippen LogP contribution < -0.4 is 15.0 Å². The number of anilines is 2. The van der Waals surface area contributed by atoms with Gasteiger partial charge in [0.15, 0.2) is 0 Å². The molecule has 0 aliphatic heterocycles. The number of rotatable bonds is 6. The van der Waals surface area contributed by atoms with E-state index in [1.807, 2.05) is 43.3 Å². The maximum Gasteiger partial charge on any atom is 0.246 e. The average molecular weight is 319 g/mol. The van der Waals surface area contributed by atoms with Crippen molar-refractivity contribution in [1.29, 1.82) is 0 Å². The van der Waals surface area contributed by atoms with Crippen molar-refractivity contribution in [3.63, 3.8) is 0 Å². The van der Waals surface area contributed by atoms with E-state index in [1.54, 1.807) is 24.1 Å². The number of nitrogens with zero attached hydrogens (tertiary/aromatic N) is 1. The number of carbonyl (C=O) groups is 1. The first-order valence-electron chi connectivity index (χ1n) is 7.08. The molecule has 2 aromatic rings. The van der Waals surface area contributed by atoms with E-state index in [0.717, 1.165) is 11.4 Å². The van der Waals surface area contributed by atoms with E-state index in [-0.39, 0.29) is 12.5 Å². The zero-order valence-corrected chi connectivity index (χ0v) is 13.4. The Bertz CT molecular complexity index is 632. The minimum atomic E-state index is 0.000593. The number of hydrogen-bond acceptors (Lipinski definition) is 3. The van der Waals surface area contributed by atoms with Crippen LogP contribution in [0.25, 0.3) is 0 Å². The molecule has 0 spiro atoms. The number of carbonyl (C=O) groups excluding carboxylic acids is 1. The highest BCUT2D eigenvalue weighted by Gasteiger charge is 2.13. The molecular formula is C17H19ClN2O2. The normalized spacial score (nSPS) is 10.1. The number of halogens is 1. The smallest absolute Gasteiger partial charge is 0.246 e. The number of benzene rings is 2. The molecule has 0 fully saturated rings. The van der Waals surface area contributed by atoms with Crippen molar-refractivity contribution in [2.75, 3.05) is 30.4 Å². The lowest BCUT2D eigenvalue weighted by atomic mass is 10.2. The Labute approximate surface area is 135 Å². The third-order valence-corrected chi connectivity index (χ3v) is 3.58. The molecule has 0 aromatic heterocycles. The van der Waals surface area contributed by atoms with Gasteiger partial charge >= 0.3 is 0 Å². The first-order valence-corrected chi connectivity index (χ1v) is 7.46. The average Bonchev–Trinajstić information content (AvgIpc) is 2.55. The van der Waals surface area contributed by atoms with Gasteiger partial charge < -0.3 is 15.0 Å². The molecule has 0 unspecified atom stereocenters. The van der Waals surface area contributed by atoms with Crippen LogP contribution >= 0.6 is 11.6 Å². The highest BCUT2D eigenvalue weighted by Crippen LogP contribution is 2.27.